The summed E-state index contributed by atoms with van der Waals surface area (Å²) in [6.07, 6.45) is 0. The first kappa shape index (κ1) is 15.2. The van der Waals surface area contributed by atoms with Crippen LogP contribution in [0.15, 0.2) is 22.7 Å². The molecule has 1 N–H and O–H groups in total. The first-order valence-corrected chi connectivity index (χ1v) is 6.71. The quantitative estimate of drug-likeness (QED) is 0.794. The van der Waals surface area contributed by atoms with Crippen molar-refractivity contribution in [2.75, 3.05) is 0 Å². The van der Waals surface area contributed by atoms with E-state index in [9.17, 15) is 0 Å². The van der Waals surface area contributed by atoms with Gasteiger partial charge in [-0.15, -0.1) is 0 Å². The fraction of sp³-hybridized carbons (Fsp3) is 0.500. The number of rotatable bonds is 0. The summed E-state index contributed by atoms with van der Waals surface area (Å²) in [4.78, 5) is 11.5. The van der Waals surface area contributed by atoms with Gasteiger partial charge in [0.2, 0.25) is 0 Å². The summed E-state index contributed by atoms with van der Waals surface area (Å²) in [5.41, 5.74) is 3.21. The summed E-state index contributed by atoms with van der Waals surface area (Å²) in [5.74, 6) is -0.833. The highest BCUT2D eigenvalue weighted by atomic mass is 79.9. The standard InChI is InChI=1S/C12H16BrN.C2H4O2/c1-12(2,3)14-7-9-4-5-11(13)6-10(9)8-14;1-2(3)4/h4-6H,7-8H2,1-3H3;1H3,(H,3,4). The van der Waals surface area contributed by atoms with E-state index in [0.29, 0.717) is 0 Å². The molecule has 0 saturated heterocycles. The fourth-order valence-electron chi connectivity index (χ4n) is 1.84. The van der Waals surface area contributed by atoms with Gasteiger partial charge in [0.05, 0.1) is 0 Å². The maximum atomic E-state index is 9.00. The summed E-state index contributed by atoms with van der Waals surface area (Å²) in [6, 6.07) is 6.59. The van der Waals surface area contributed by atoms with Crippen LogP contribution in [0, 0.1) is 0 Å². The zero-order valence-corrected chi connectivity index (χ0v) is 12.9. The lowest BCUT2D eigenvalue weighted by molar-refractivity contribution is -0.134. The smallest absolute Gasteiger partial charge is 0.300 e. The van der Waals surface area contributed by atoms with Gasteiger partial charge in [-0.1, -0.05) is 22.0 Å². The van der Waals surface area contributed by atoms with Gasteiger partial charge >= 0.3 is 0 Å². The van der Waals surface area contributed by atoms with Crippen molar-refractivity contribution >= 4 is 21.9 Å². The van der Waals surface area contributed by atoms with Crippen LogP contribution in [0.1, 0.15) is 38.8 Å². The maximum Gasteiger partial charge on any atom is 0.300 e. The van der Waals surface area contributed by atoms with Crippen LogP contribution in [0.2, 0.25) is 0 Å². The van der Waals surface area contributed by atoms with Crippen LogP contribution >= 0.6 is 15.9 Å². The molecule has 1 heterocycles. The van der Waals surface area contributed by atoms with Gasteiger partial charge in [0.1, 0.15) is 0 Å². The van der Waals surface area contributed by atoms with Crippen molar-refractivity contribution in [2.24, 2.45) is 0 Å². The Morgan fingerprint density at radius 1 is 1.28 bits per heavy atom. The minimum Gasteiger partial charge on any atom is -0.481 e. The third kappa shape index (κ3) is 4.42. The van der Waals surface area contributed by atoms with Gasteiger partial charge in [-0.2, -0.15) is 0 Å². The van der Waals surface area contributed by atoms with Gasteiger partial charge in [-0.3, -0.25) is 9.69 Å². The van der Waals surface area contributed by atoms with E-state index < -0.39 is 5.97 Å². The number of carboxylic acids is 1. The number of fused-ring (bicyclic) bond motifs is 1. The number of hydrogen-bond donors (Lipinski definition) is 1. The van der Waals surface area contributed by atoms with Crippen LogP contribution in [0.25, 0.3) is 0 Å². The molecule has 1 aliphatic heterocycles. The van der Waals surface area contributed by atoms with E-state index >= 15 is 0 Å². The molecular formula is C14H20BrNO2. The number of halogens is 1. The third-order valence-electron chi connectivity index (χ3n) is 2.84. The molecular weight excluding hydrogens is 294 g/mol. The highest BCUT2D eigenvalue weighted by molar-refractivity contribution is 9.10. The van der Waals surface area contributed by atoms with Gasteiger partial charge < -0.3 is 5.11 Å². The zero-order valence-electron chi connectivity index (χ0n) is 11.3. The van der Waals surface area contributed by atoms with Gasteiger partial charge in [-0.25, -0.2) is 0 Å². The van der Waals surface area contributed by atoms with Crippen LogP contribution in [0.5, 0.6) is 0 Å². The Labute approximate surface area is 117 Å². The summed E-state index contributed by atoms with van der Waals surface area (Å²) >= 11 is 3.52. The van der Waals surface area contributed by atoms with Gasteiger partial charge in [0, 0.05) is 30.0 Å². The molecule has 0 aromatic heterocycles. The zero-order chi connectivity index (χ0) is 13.9. The Bertz CT molecular complexity index is 434. The van der Waals surface area contributed by atoms with E-state index in [0.717, 1.165) is 20.0 Å². The Balaban J connectivity index is 0.000000357. The van der Waals surface area contributed by atoms with Crippen molar-refractivity contribution in [3.05, 3.63) is 33.8 Å². The summed E-state index contributed by atoms with van der Waals surface area (Å²) in [7, 11) is 0. The topological polar surface area (TPSA) is 40.5 Å². The minimum atomic E-state index is -0.833. The molecule has 0 amide bonds. The molecule has 1 aliphatic rings. The molecule has 2 rings (SSSR count). The van der Waals surface area contributed by atoms with Crippen molar-refractivity contribution in [3.8, 4) is 0 Å². The largest absolute Gasteiger partial charge is 0.481 e. The van der Waals surface area contributed by atoms with Crippen LogP contribution in [-0.2, 0) is 17.9 Å². The molecule has 100 valence electrons. The monoisotopic (exact) mass is 313 g/mol. The second-order valence-electron chi connectivity index (χ2n) is 5.46. The molecule has 1 aromatic rings. The van der Waals surface area contributed by atoms with Crippen molar-refractivity contribution in [2.45, 2.75) is 46.3 Å². The van der Waals surface area contributed by atoms with Gasteiger partial charge in [0.15, 0.2) is 0 Å². The van der Waals surface area contributed by atoms with Gasteiger partial charge in [0.25, 0.3) is 5.97 Å². The second kappa shape index (κ2) is 5.85. The second-order valence-corrected chi connectivity index (χ2v) is 6.37. The number of aliphatic carboxylic acids is 1. The lowest BCUT2D eigenvalue weighted by atomic mass is 10.1. The lowest BCUT2D eigenvalue weighted by Gasteiger charge is -2.31. The highest BCUT2D eigenvalue weighted by Crippen LogP contribution is 2.30. The molecule has 3 nitrogen and oxygen atoms in total. The molecule has 0 bridgehead atoms. The van der Waals surface area contributed by atoms with E-state index in [-0.39, 0.29) is 5.54 Å². The maximum absolute atomic E-state index is 9.00. The third-order valence-corrected chi connectivity index (χ3v) is 3.33. The van der Waals surface area contributed by atoms with E-state index in [4.69, 9.17) is 9.90 Å². The molecule has 0 radical (unpaired) electrons. The predicted molar refractivity (Wildman–Crippen MR) is 76.5 cm³/mol. The molecule has 0 fully saturated rings. The average Bonchev–Trinajstić information content (AvgIpc) is 2.58. The van der Waals surface area contributed by atoms with Crippen molar-refractivity contribution in [1.29, 1.82) is 0 Å². The van der Waals surface area contributed by atoms with Crippen molar-refractivity contribution in [3.63, 3.8) is 0 Å². The summed E-state index contributed by atoms with van der Waals surface area (Å²) in [6.45, 7) is 10.1. The average molecular weight is 314 g/mol. The van der Waals surface area contributed by atoms with E-state index in [1.165, 1.54) is 15.6 Å². The van der Waals surface area contributed by atoms with Crippen molar-refractivity contribution in [1.82, 2.24) is 4.90 Å². The molecule has 0 atom stereocenters. The SMILES string of the molecule is CC(=O)O.CC(C)(C)N1Cc2ccc(Br)cc2C1. The lowest BCUT2D eigenvalue weighted by Crippen LogP contribution is -2.36. The van der Waals surface area contributed by atoms with E-state index in [1.54, 1.807) is 0 Å². The molecule has 0 aliphatic carbocycles. The fourth-order valence-corrected chi connectivity index (χ4v) is 2.25. The first-order valence-electron chi connectivity index (χ1n) is 5.92. The number of nitrogens with zero attached hydrogens (tertiary/aromatic N) is 1. The normalized spacial score (nSPS) is 14.7. The summed E-state index contributed by atoms with van der Waals surface area (Å²) < 4.78 is 1.19. The highest BCUT2D eigenvalue weighted by Gasteiger charge is 2.27. The summed E-state index contributed by atoms with van der Waals surface area (Å²) in [5, 5.41) is 7.42. The number of hydrogen-bond acceptors (Lipinski definition) is 2. The van der Waals surface area contributed by atoms with Crippen LogP contribution in [0.3, 0.4) is 0 Å². The van der Waals surface area contributed by atoms with Crippen LogP contribution in [0.4, 0.5) is 0 Å². The first-order chi connectivity index (χ1) is 8.20. The number of carbonyl (C=O) groups is 1. The van der Waals surface area contributed by atoms with E-state index in [1.807, 2.05) is 0 Å². The minimum absolute atomic E-state index is 0.269. The molecule has 0 spiro atoms. The Hall–Kier alpha value is -0.870. The van der Waals surface area contributed by atoms with E-state index in [2.05, 4.69) is 59.8 Å². The molecule has 0 unspecified atom stereocenters. The number of benzene rings is 1. The Morgan fingerprint density at radius 2 is 1.78 bits per heavy atom. The molecule has 4 heteroatoms. The molecule has 18 heavy (non-hydrogen) atoms. The van der Waals surface area contributed by atoms with Crippen LogP contribution < -0.4 is 0 Å². The van der Waals surface area contributed by atoms with Gasteiger partial charge in [-0.05, 0) is 44.0 Å². The Kier molecular flexibility index (Phi) is 4.93. The number of carboxylic acid groups (broad SMARTS) is 1. The van der Waals surface area contributed by atoms with Crippen molar-refractivity contribution < 1.29 is 9.90 Å². The molecule has 1 aromatic carbocycles. The predicted octanol–water partition coefficient (Wildman–Crippen LogP) is 3.65. The van der Waals surface area contributed by atoms with Crippen LogP contribution in [-0.4, -0.2) is 21.5 Å². The molecule has 0 saturated carbocycles. The Morgan fingerprint density at radius 3 is 2.28 bits per heavy atom.